The van der Waals surface area contributed by atoms with E-state index in [-0.39, 0.29) is 23.4 Å². The van der Waals surface area contributed by atoms with Gasteiger partial charge in [-0.15, -0.1) is 0 Å². The highest BCUT2D eigenvalue weighted by molar-refractivity contribution is 7.89. The minimum atomic E-state index is -3.63. The van der Waals surface area contributed by atoms with Crippen molar-refractivity contribution in [1.82, 2.24) is 14.1 Å². The van der Waals surface area contributed by atoms with E-state index in [1.54, 1.807) is 23.1 Å². The Morgan fingerprint density at radius 2 is 2.11 bits per heavy atom. The maximum Gasteiger partial charge on any atom is 0.240 e. The Morgan fingerprint density at radius 1 is 1.29 bits per heavy atom. The van der Waals surface area contributed by atoms with Crippen LogP contribution >= 0.6 is 0 Å². The van der Waals surface area contributed by atoms with Crippen LogP contribution in [0.15, 0.2) is 53.7 Å². The molecule has 28 heavy (non-hydrogen) atoms. The highest BCUT2D eigenvalue weighted by atomic mass is 32.2. The Kier molecular flexibility index (Phi) is 4.68. The summed E-state index contributed by atoms with van der Waals surface area (Å²) in [6.45, 7) is 3.75. The van der Waals surface area contributed by atoms with Gasteiger partial charge in [-0.1, -0.05) is 6.07 Å². The van der Waals surface area contributed by atoms with Gasteiger partial charge in [0, 0.05) is 44.0 Å². The molecule has 1 N–H and O–H groups in total. The Hall–Kier alpha value is -2.71. The van der Waals surface area contributed by atoms with Gasteiger partial charge in [0.2, 0.25) is 15.9 Å². The van der Waals surface area contributed by atoms with E-state index in [1.807, 2.05) is 41.9 Å². The number of imidazole rings is 1. The Morgan fingerprint density at radius 3 is 2.86 bits per heavy atom. The van der Waals surface area contributed by atoms with Crippen molar-refractivity contribution in [3.63, 3.8) is 0 Å². The van der Waals surface area contributed by atoms with E-state index in [0.29, 0.717) is 12.8 Å². The molecule has 0 fully saturated rings. The number of aromatic nitrogens is 2. The smallest absolute Gasteiger partial charge is 0.240 e. The number of benzene rings is 1. The van der Waals surface area contributed by atoms with Gasteiger partial charge in [0.05, 0.1) is 10.6 Å². The van der Waals surface area contributed by atoms with E-state index in [9.17, 15) is 13.2 Å². The van der Waals surface area contributed by atoms with Crippen LogP contribution in [0, 0.1) is 0 Å². The van der Waals surface area contributed by atoms with Crippen LogP contribution in [0.25, 0.3) is 5.65 Å². The Bertz CT molecular complexity index is 1120. The molecule has 1 atom stereocenters. The standard InChI is InChI=1S/C20H22N4O3S/c1-14-11-16-12-18(6-7-19(16)24(14)15(2)25)28(26,27)21-9-8-17-13-23-10-4-3-5-20(23)22-17/h3-7,10,12-14,21H,8-9,11H2,1-2H3/t14-/m0/s1. The number of pyridine rings is 1. The molecule has 146 valence electrons. The number of amides is 1. The molecule has 3 aromatic rings. The first-order chi connectivity index (χ1) is 13.3. The summed E-state index contributed by atoms with van der Waals surface area (Å²) in [6.07, 6.45) is 4.96. The lowest BCUT2D eigenvalue weighted by Crippen LogP contribution is -2.33. The number of nitrogens with zero attached hydrogens (tertiary/aromatic N) is 3. The molecule has 0 saturated carbocycles. The molecule has 1 aliphatic heterocycles. The van der Waals surface area contributed by atoms with Crippen molar-refractivity contribution in [1.29, 1.82) is 0 Å². The summed E-state index contributed by atoms with van der Waals surface area (Å²) in [7, 11) is -3.63. The van der Waals surface area contributed by atoms with Gasteiger partial charge < -0.3 is 9.30 Å². The average molecular weight is 398 g/mol. The van der Waals surface area contributed by atoms with Gasteiger partial charge in [-0.2, -0.15) is 0 Å². The van der Waals surface area contributed by atoms with Crippen LogP contribution in [0.5, 0.6) is 0 Å². The first kappa shape index (κ1) is 18.6. The summed E-state index contributed by atoms with van der Waals surface area (Å²) < 4.78 is 29.9. The fourth-order valence-corrected chi connectivity index (χ4v) is 4.84. The van der Waals surface area contributed by atoms with Crippen molar-refractivity contribution in [2.24, 2.45) is 0 Å². The molecule has 0 saturated heterocycles. The lowest BCUT2D eigenvalue weighted by atomic mass is 10.1. The van der Waals surface area contributed by atoms with E-state index in [2.05, 4.69) is 9.71 Å². The zero-order chi connectivity index (χ0) is 19.9. The fraction of sp³-hybridized carbons (Fsp3) is 0.300. The molecular formula is C20H22N4O3S. The van der Waals surface area contributed by atoms with Crippen molar-refractivity contribution in [3.8, 4) is 0 Å². The Balaban J connectivity index is 1.47. The van der Waals surface area contributed by atoms with Crippen LogP contribution in [-0.4, -0.2) is 36.3 Å². The van der Waals surface area contributed by atoms with Crippen LogP contribution in [0.1, 0.15) is 25.1 Å². The number of hydrogen-bond donors (Lipinski definition) is 1. The molecule has 1 amide bonds. The van der Waals surface area contributed by atoms with Gasteiger partial charge in [-0.25, -0.2) is 18.1 Å². The van der Waals surface area contributed by atoms with Crippen LogP contribution < -0.4 is 9.62 Å². The Labute approximate surface area is 164 Å². The molecule has 0 unspecified atom stereocenters. The molecule has 2 aromatic heterocycles. The van der Waals surface area contributed by atoms with Crippen LogP contribution in [0.3, 0.4) is 0 Å². The van der Waals surface area contributed by atoms with E-state index in [4.69, 9.17) is 0 Å². The second kappa shape index (κ2) is 7.03. The monoisotopic (exact) mass is 398 g/mol. The van der Waals surface area contributed by atoms with Crippen LogP contribution in [0.2, 0.25) is 0 Å². The van der Waals surface area contributed by atoms with Crippen molar-refractivity contribution in [2.45, 2.75) is 37.6 Å². The lowest BCUT2D eigenvalue weighted by molar-refractivity contribution is -0.116. The summed E-state index contributed by atoms with van der Waals surface area (Å²) >= 11 is 0. The number of sulfonamides is 1. The van der Waals surface area contributed by atoms with Gasteiger partial charge in [-0.3, -0.25) is 4.79 Å². The molecule has 0 bridgehead atoms. The highest BCUT2D eigenvalue weighted by Gasteiger charge is 2.30. The largest absolute Gasteiger partial charge is 0.309 e. The molecule has 3 heterocycles. The molecule has 1 aliphatic rings. The lowest BCUT2D eigenvalue weighted by Gasteiger charge is -2.20. The first-order valence-electron chi connectivity index (χ1n) is 9.20. The van der Waals surface area contributed by atoms with Crippen molar-refractivity contribution in [3.05, 3.63) is 60.0 Å². The quantitative estimate of drug-likeness (QED) is 0.714. The maximum atomic E-state index is 12.7. The number of nitrogens with one attached hydrogen (secondary N) is 1. The molecule has 4 rings (SSSR count). The number of hydrogen-bond acceptors (Lipinski definition) is 4. The minimum Gasteiger partial charge on any atom is -0.309 e. The third-order valence-corrected chi connectivity index (χ3v) is 6.46. The van der Waals surface area contributed by atoms with Gasteiger partial charge in [0.15, 0.2) is 0 Å². The van der Waals surface area contributed by atoms with Gasteiger partial charge in [0.1, 0.15) is 5.65 Å². The topological polar surface area (TPSA) is 83.8 Å². The zero-order valence-electron chi connectivity index (χ0n) is 15.8. The number of anilines is 1. The number of carbonyl (C=O) groups excluding carboxylic acids is 1. The normalized spacial score (nSPS) is 16.5. The van der Waals surface area contributed by atoms with Gasteiger partial charge >= 0.3 is 0 Å². The summed E-state index contributed by atoms with van der Waals surface area (Å²) in [6, 6.07) is 10.7. The second-order valence-corrected chi connectivity index (χ2v) is 8.85. The molecule has 1 aromatic carbocycles. The fourth-order valence-electron chi connectivity index (χ4n) is 3.76. The predicted molar refractivity (Wildman–Crippen MR) is 107 cm³/mol. The van der Waals surface area contributed by atoms with E-state index in [0.717, 1.165) is 22.6 Å². The van der Waals surface area contributed by atoms with E-state index in [1.165, 1.54) is 6.92 Å². The van der Waals surface area contributed by atoms with Crippen LogP contribution in [0.4, 0.5) is 5.69 Å². The predicted octanol–water partition coefficient (Wildman–Crippen LogP) is 2.15. The number of fused-ring (bicyclic) bond motifs is 2. The molecule has 7 nitrogen and oxygen atoms in total. The molecule has 8 heteroatoms. The SMILES string of the molecule is CC(=O)N1c2ccc(S(=O)(=O)NCCc3cn4ccccc4n3)cc2C[C@@H]1C. The average Bonchev–Trinajstić information content (AvgIpc) is 3.19. The van der Waals surface area contributed by atoms with Crippen molar-refractivity contribution >= 4 is 27.3 Å². The summed E-state index contributed by atoms with van der Waals surface area (Å²) in [5, 5.41) is 0. The second-order valence-electron chi connectivity index (χ2n) is 7.08. The maximum absolute atomic E-state index is 12.7. The third-order valence-electron chi connectivity index (χ3n) is 5.00. The zero-order valence-corrected chi connectivity index (χ0v) is 16.6. The summed E-state index contributed by atoms with van der Waals surface area (Å²) in [5.74, 6) is -0.0348. The molecule has 0 radical (unpaired) electrons. The van der Waals surface area contributed by atoms with E-state index >= 15 is 0 Å². The molecular weight excluding hydrogens is 376 g/mol. The van der Waals surface area contributed by atoms with Crippen molar-refractivity contribution in [2.75, 3.05) is 11.4 Å². The molecule has 0 aliphatic carbocycles. The summed E-state index contributed by atoms with van der Waals surface area (Å²) in [4.78, 5) is 18.2. The first-order valence-corrected chi connectivity index (χ1v) is 10.7. The van der Waals surface area contributed by atoms with E-state index < -0.39 is 10.0 Å². The van der Waals surface area contributed by atoms with Gasteiger partial charge in [-0.05, 0) is 49.2 Å². The van der Waals surface area contributed by atoms with Gasteiger partial charge in [0.25, 0.3) is 0 Å². The highest BCUT2D eigenvalue weighted by Crippen LogP contribution is 2.33. The number of carbonyl (C=O) groups is 1. The number of rotatable bonds is 5. The van der Waals surface area contributed by atoms with Crippen molar-refractivity contribution < 1.29 is 13.2 Å². The third kappa shape index (κ3) is 3.41. The molecule has 0 spiro atoms. The van der Waals surface area contributed by atoms with Crippen LogP contribution in [-0.2, 0) is 27.7 Å². The summed E-state index contributed by atoms with van der Waals surface area (Å²) in [5.41, 5.74) is 3.34. The minimum absolute atomic E-state index is 0.0348.